The lowest BCUT2D eigenvalue weighted by Crippen LogP contribution is -2.15. The molecule has 0 amide bonds. The SMILES string of the molecule is CCCCOC(CCC)CCO. The maximum absolute atomic E-state index is 8.74. The third-order valence-corrected chi connectivity index (χ3v) is 1.91. The number of hydrogen-bond donors (Lipinski definition) is 1. The Morgan fingerprint density at radius 1 is 1.17 bits per heavy atom. The summed E-state index contributed by atoms with van der Waals surface area (Å²) < 4.78 is 5.60. The molecule has 12 heavy (non-hydrogen) atoms. The summed E-state index contributed by atoms with van der Waals surface area (Å²) in [6.45, 7) is 5.40. The highest BCUT2D eigenvalue weighted by molar-refractivity contribution is 4.56. The second-order valence-corrected chi connectivity index (χ2v) is 3.15. The highest BCUT2D eigenvalue weighted by Gasteiger charge is 2.05. The molecule has 0 aliphatic heterocycles. The zero-order valence-corrected chi connectivity index (χ0v) is 8.38. The monoisotopic (exact) mass is 174 g/mol. The van der Waals surface area contributed by atoms with Gasteiger partial charge < -0.3 is 9.84 Å². The first-order chi connectivity index (χ1) is 5.85. The van der Waals surface area contributed by atoms with Gasteiger partial charge in [-0.3, -0.25) is 0 Å². The molecule has 74 valence electrons. The standard InChI is InChI=1S/C10H22O2/c1-3-5-9-12-10(6-4-2)7-8-11/h10-11H,3-9H2,1-2H3. The van der Waals surface area contributed by atoms with Crippen LogP contribution in [0.25, 0.3) is 0 Å². The van der Waals surface area contributed by atoms with Gasteiger partial charge in [-0.05, 0) is 19.3 Å². The lowest BCUT2D eigenvalue weighted by molar-refractivity contribution is 0.0284. The molecule has 1 N–H and O–H groups in total. The van der Waals surface area contributed by atoms with Crippen molar-refractivity contribution < 1.29 is 9.84 Å². The maximum atomic E-state index is 8.74. The molecule has 2 nitrogen and oxygen atoms in total. The Kier molecular flexibility index (Phi) is 8.95. The Hall–Kier alpha value is -0.0800. The molecule has 0 heterocycles. The number of rotatable bonds is 8. The third-order valence-electron chi connectivity index (χ3n) is 1.91. The fourth-order valence-corrected chi connectivity index (χ4v) is 1.17. The molecule has 0 radical (unpaired) electrons. The summed E-state index contributed by atoms with van der Waals surface area (Å²) in [5.41, 5.74) is 0. The number of aliphatic hydroxyl groups excluding tert-OH is 1. The van der Waals surface area contributed by atoms with E-state index in [0.717, 1.165) is 32.3 Å². The van der Waals surface area contributed by atoms with E-state index < -0.39 is 0 Å². The molecule has 0 saturated carbocycles. The average molecular weight is 174 g/mol. The molecule has 0 aromatic rings. The summed E-state index contributed by atoms with van der Waals surface area (Å²) in [6.07, 6.45) is 5.59. The first kappa shape index (κ1) is 11.9. The lowest BCUT2D eigenvalue weighted by Gasteiger charge is -2.15. The van der Waals surface area contributed by atoms with Crippen molar-refractivity contribution in [2.24, 2.45) is 0 Å². The van der Waals surface area contributed by atoms with Crippen LogP contribution in [0.3, 0.4) is 0 Å². The predicted octanol–water partition coefficient (Wildman–Crippen LogP) is 2.35. The smallest absolute Gasteiger partial charge is 0.0596 e. The van der Waals surface area contributed by atoms with Gasteiger partial charge in [0, 0.05) is 13.2 Å². The normalized spacial score (nSPS) is 13.2. The molecular weight excluding hydrogens is 152 g/mol. The quantitative estimate of drug-likeness (QED) is 0.572. The summed E-state index contributed by atoms with van der Waals surface area (Å²) in [7, 11) is 0. The van der Waals surface area contributed by atoms with E-state index in [4.69, 9.17) is 9.84 Å². The molecule has 1 atom stereocenters. The van der Waals surface area contributed by atoms with Gasteiger partial charge in [-0.25, -0.2) is 0 Å². The fraction of sp³-hybridized carbons (Fsp3) is 1.00. The van der Waals surface area contributed by atoms with Gasteiger partial charge in [0.2, 0.25) is 0 Å². The summed E-state index contributed by atoms with van der Waals surface area (Å²) in [5, 5.41) is 8.74. The van der Waals surface area contributed by atoms with E-state index in [0.29, 0.717) is 0 Å². The van der Waals surface area contributed by atoms with Crippen LogP contribution in [0.15, 0.2) is 0 Å². The van der Waals surface area contributed by atoms with Gasteiger partial charge in [0.1, 0.15) is 0 Å². The van der Waals surface area contributed by atoms with Crippen molar-refractivity contribution in [3.05, 3.63) is 0 Å². The van der Waals surface area contributed by atoms with Gasteiger partial charge in [0.05, 0.1) is 6.10 Å². The molecule has 0 aromatic carbocycles. The van der Waals surface area contributed by atoms with E-state index in [1.54, 1.807) is 0 Å². The highest BCUT2D eigenvalue weighted by atomic mass is 16.5. The van der Waals surface area contributed by atoms with Crippen LogP contribution < -0.4 is 0 Å². The fourth-order valence-electron chi connectivity index (χ4n) is 1.17. The second kappa shape index (κ2) is 9.01. The first-order valence-electron chi connectivity index (χ1n) is 5.07. The minimum atomic E-state index is 0.247. The molecule has 0 spiro atoms. The Bertz CT molecular complexity index is 77.9. The molecule has 0 saturated heterocycles. The molecule has 0 rings (SSSR count). The highest BCUT2D eigenvalue weighted by Crippen LogP contribution is 2.07. The molecule has 0 bridgehead atoms. The van der Waals surface area contributed by atoms with Gasteiger partial charge in [0.15, 0.2) is 0 Å². The maximum Gasteiger partial charge on any atom is 0.0596 e. The van der Waals surface area contributed by atoms with E-state index in [-0.39, 0.29) is 12.7 Å². The topological polar surface area (TPSA) is 29.5 Å². The molecular formula is C10H22O2. The van der Waals surface area contributed by atoms with Crippen LogP contribution in [0.2, 0.25) is 0 Å². The summed E-state index contributed by atoms with van der Waals surface area (Å²) in [4.78, 5) is 0. The minimum Gasteiger partial charge on any atom is -0.396 e. The summed E-state index contributed by atoms with van der Waals surface area (Å²) >= 11 is 0. The number of unbranched alkanes of at least 4 members (excludes halogenated alkanes) is 1. The second-order valence-electron chi connectivity index (χ2n) is 3.15. The van der Waals surface area contributed by atoms with Crippen molar-refractivity contribution in [3.8, 4) is 0 Å². The largest absolute Gasteiger partial charge is 0.396 e. The van der Waals surface area contributed by atoms with Crippen molar-refractivity contribution in [2.75, 3.05) is 13.2 Å². The molecule has 0 aliphatic rings. The Morgan fingerprint density at radius 2 is 1.92 bits per heavy atom. The van der Waals surface area contributed by atoms with Crippen molar-refractivity contribution >= 4 is 0 Å². The van der Waals surface area contributed by atoms with Gasteiger partial charge in [-0.15, -0.1) is 0 Å². The Balaban J connectivity index is 3.34. The number of aliphatic hydroxyl groups is 1. The van der Waals surface area contributed by atoms with Crippen LogP contribution in [-0.4, -0.2) is 24.4 Å². The van der Waals surface area contributed by atoms with Crippen LogP contribution >= 0.6 is 0 Å². The van der Waals surface area contributed by atoms with Crippen molar-refractivity contribution in [2.45, 2.75) is 52.1 Å². The first-order valence-corrected chi connectivity index (χ1v) is 5.07. The Morgan fingerprint density at radius 3 is 2.42 bits per heavy atom. The molecule has 0 fully saturated rings. The Labute approximate surface area is 75.9 Å². The zero-order chi connectivity index (χ0) is 9.23. The van der Waals surface area contributed by atoms with Crippen LogP contribution in [0, 0.1) is 0 Å². The van der Waals surface area contributed by atoms with E-state index in [1.807, 2.05) is 0 Å². The summed E-state index contributed by atoms with van der Waals surface area (Å²) in [6, 6.07) is 0. The van der Waals surface area contributed by atoms with E-state index in [2.05, 4.69) is 13.8 Å². The molecule has 0 aliphatic carbocycles. The van der Waals surface area contributed by atoms with Crippen LogP contribution in [0.1, 0.15) is 46.0 Å². The van der Waals surface area contributed by atoms with E-state index in [1.165, 1.54) is 6.42 Å². The van der Waals surface area contributed by atoms with Gasteiger partial charge in [0.25, 0.3) is 0 Å². The van der Waals surface area contributed by atoms with Crippen molar-refractivity contribution in [3.63, 3.8) is 0 Å². The third kappa shape index (κ3) is 6.62. The van der Waals surface area contributed by atoms with Gasteiger partial charge in [-0.2, -0.15) is 0 Å². The minimum absolute atomic E-state index is 0.247. The predicted molar refractivity (Wildman–Crippen MR) is 51.3 cm³/mol. The summed E-state index contributed by atoms with van der Waals surface area (Å²) in [5.74, 6) is 0. The number of ether oxygens (including phenoxy) is 1. The van der Waals surface area contributed by atoms with Crippen LogP contribution in [0.5, 0.6) is 0 Å². The van der Waals surface area contributed by atoms with Crippen molar-refractivity contribution in [1.82, 2.24) is 0 Å². The van der Waals surface area contributed by atoms with Gasteiger partial charge >= 0.3 is 0 Å². The van der Waals surface area contributed by atoms with Crippen molar-refractivity contribution in [1.29, 1.82) is 0 Å². The molecule has 1 unspecified atom stereocenters. The van der Waals surface area contributed by atoms with E-state index >= 15 is 0 Å². The molecule has 2 heteroatoms. The number of hydrogen-bond acceptors (Lipinski definition) is 2. The van der Waals surface area contributed by atoms with Crippen LogP contribution in [-0.2, 0) is 4.74 Å². The molecule has 0 aromatic heterocycles. The average Bonchev–Trinajstić information content (AvgIpc) is 2.06. The van der Waals surface area contributed by atoms with Crippen LogP contribution in [0.4, 0.5) is 0 Å². The van der Waals surface area contributed by atoms with E-state index in [9.17, 15) is 0 Å². The van der Waals surface area contributed by atoms with Gasteiger partial charge in [-0.1, -0.05) is 26.7 Å². The lowest BCUT2D eigenvalue weighted by atomic mass is 10.1. The zero-order valence-electron chi connectivity index (χ0n) is 8.38.